The number of carboxylic acids is 1. The van der Waals surface area contributed by atoms with E-state index in [4.69, 9.17) is 9.84 Å². The zero-order valence-electron chi connectivity index (χ0n) is 8.09. The zero-order valence-corrected chi connectivity index (χ0v) is 8.09. The number of anilines is 1. The molecule has 80 valence electrons. The third-order valence-corrected chi connectivity index (χ3v) is 2.19. The summed E-state index contributed by atoms with van der Waals surface area (Å²) in [5.41, 5.74) is -0.000556. The largest absolute Gasteiger partial charge is 0.476 e. The van der Waals surface area contributed by atoms with Crippen molar-refractivity contribution in [1.29, 1.82) is 0 Å². The van der Waals surface area contributed by atoms with Crippen molar-refractivity contribution in [1.82, 2.24) is 9.97 Å². The lowest BCUT2D eigenvalue weighted by molar-refractivity contribution is 0.0689. The van der Waals surface area contributed by atoms with E-state index >= 15 is 0 Å². The molecule has 0 saturated carbocycles. The minimum Gasteiger partial charge on any atom is -0.476 e. The Labute approximate surface area is 86.5 Å². The molecule has 0 aliphatic carbocycles. The average Bonchev–Trinajstić information content (AvgIpc) is 2.30. The van der Waals surface area contributed by atoms with Crippen molar-refractivity contribution in [3.8, 4) is 0 Å². The SMILES string of the molecule is O=C(O)c1nccnc1N1CCOCC1. The second-order valence-electron chi connectivity index (χ2n) is 3.13. The van der Waals surface area contributed by atoms with Gasteiger partial charge in [-0.1, -0.05) is 0 Å². The van der Waals surface area contributed by atoms with Gasteiger partial charge >= 0.3 is 5.97 Å². The number of rotatable bonds is 2. The van der Waals surface area contributed by atoms with Gasteiger partial charge in [-0.25, -0.2) is 14.8 Å². The normalized spacial score (nSPS) is 16.4. The van der Waals surface area contributed by atoms with E-state index in [1.165, 1.54) is 12.4 Å². The lowest BCUT2D eigenvalue weighted by Crippen LogP contribution is -2.37. The molecule has 0 atom stereocenters. The summed E-state index contributed by atoms with van der Waals surface area (Å²) in [6, 6.07) is 0. The molecule has 1 aromatic rings. The Balaban J connectivity index is 2.29. The predicted molar refractivity (Wildman–Crippen MR) is 52.0 cm³/mol. The van der Waals surface area contributed by atoms with Gasteiger partial charge in [-0.3, -0.25) is 0 Å². The predicted octanol–water partition coefficient (Wildman–Crippen LogP) is 0.0114. The summed E-state index contributed by atoms with van der Waals surface area (Å²) < 4.78 is 5.18. The summed E-state index contributed by atoms with van der Waals surface area (Å²) in [6.45, 7) is 2.49. The molecule has 1 saturated heterocycles. The van der Waals surface area contributed by atoms with Crippen molar-refractivity contribution >= 4 is 11.8 Å². The fraction of sp³-hybridized carbons (Fsp3) is 0.444. The highest BCUT2D eigenvalue weighted by Crippen LogP contribution is 2.15. The van der Waals surface area contributed by atoms with Crippen molar-refractivity contribution in [2.45, 2.75) is 0 Å². The molecule has 0 radical (unpaired) electrons. The Morgan fingerprint density at radius 3 is 2.67 bits per heavy atom. The van der Waals surface area contributed by atoms with Crippen LogP contribution in [0, 0.1) is 0 Å². The summed E-state index contributed by atoms with van der Waals surface area (Å²) in [5.74, 6) is -0.627. The molecule has 15 heavy (non-hydrogen) atoms. The van der Waals surface area contributed by atoms with Crippen LogP contribution in [0.25, 0.3) is 0 Å². The molecule has 1 aromatic heterocycles. The third kappa shape index (κ3) is 2.04. The quantitative estimate of drug-likeness (QED) is 0.739. The Morgan fingerprint density at radius 2 is 2.00 bits per heavy atom. The molecule has 2 heterocycles. The first-order valence-corrected chi connectivity index (χ1v) is 4.66. The third-order valence-electron chi connectivity index (χ3n) is 2.19. The molecule has 1 fully saturated rings. The molecule has 0 aromatic carbocycles. The van der Waals surface area contributed by atoms with Gasteiger partial charge in [-0.05, 0) is 0 Å². The van der Waals surface area contributed by atoms with Crippen molar-refractivity contribution in [2.24, 2.45) is 0 Å². The Hall–Kier alpha value is -1.69. The van der Waals surface area contributed by atoms with Gasteiger partial charge in [-0.2, -0.15) is 0 Å². The van der Waals surface area contributed by atoms with E-state index in [1.807, 2.05) is 4.90 Å². The Morgan fingerprint density at radius 1 is 1.33 bits per heavy atom. The van der Waals surface area contributed by atoms with Gasteiger partial charge in [0.05, 0.1) is 13.2 Å². The van der Waals surface area contributed by atoms with Crippen LogP contribution in [0.3, 0.4) is 0 Å². The molecule has 0 spiro atoms. The average molecular weight is 209 g/mol. The number of morpholine rings is 1. The molecule has 6 nitrogen and oxygen atoms in total. The maximum Gasteiger partial charge on any atom is 0.358 e. The zero-order chi connectivity index (χ0) is 10.7. The van der Waals surface area contributed by atoms with Crippen LogP contribution in [0.15, 0.2) is 12.4 Å². The lowest BCUT2D eigenvalue weighted by atomic mass is 10.3. The van der Waals surface area contributed by atoms with Crippen LogP contribution in [0.5, 0.6) is 0 Å². The molecule has 2 rings (SSSR count). The number of hydrogen-bond donors (Lipinski definition) is 1. The van der Waals surface area contributed by atoms with Gasteiger partial charge in [0.2, 0.25) is 0 Å². The van der Waals surface area contributed by atoms with Crippen LogP contribution in [-0.4, -0.2) is 47.3 Å². The molecular weight excluding hydrogens is 198 g/mol. The number of hydrogen-bond acceptors (Lipinski definition) is 5. The van der Waals surface area contributed by atoms with Crippen LogP contribution in [0.1, 0.15) is 10.5 Å². The van der Waals surface area contributed by atoms with Gasteiger partial charge < -0.3 is 14.7 Å². The second-order valence-corrected chi connectivity index (χ2v) is 3.13. The lowest BCUT2D eigenvalue weighted by Gasteiger charge is -2.28. The van der Waals surface area contributed by atoms with Crippen LogP contribution in [-0.2, 0) is 4.74 Å². The van der Waals surface area contributed by atoms with Crippen LogP contribution >= 0.6 is 0 Å². The fourth-order valence-corrected chi connectivity index (χ4v) is 1.49. The minimum absolute atomic E-state index is 0.000556. The molecule has 0 amide bonds. The van der Waals surface area contributed by atoms with E-state index in [0.717, 1.165) is 0 Å². The van der Waals surface area contributed by atoms with E-state index < -0.39 is 5.97 Å². The number of carboxylic acid groups (broad SMARTS) is 1. The van der Waals surface area contributed by atoms with E-state index in [2.05, 4.69) is 9.97 Å². The monoisotopic (exact) mass is 209 g/mol. The minimum atomic E-state index is -1.05. The van der Waals surface area contributed by atoms with Crippen molar-refractivity contribution in [2.75, 3.05) is 31.2 Å². The highest BCUT2D eigenvalue weighted by atomic mass is 16.5. The maximum absolute atomic E-state index is 10.9. The Bertz CT molecular complexity index is 363. The summed E-state index contributed by atoms with van der Waals surface area (Å²) in [7, 11) is 0. The topological polar surface area (TPSA) is 75.5 Å². The maximum atomic E-state index is 10.9. The van der Waals surface area contributed by atoms with Crippen molar-refractivity contribution < 1.29 is 14.6 Å². The van der Waals surface area contributed by atoms with Crippen molar-refractivity contribution in [3.63, 3.8) is 0 Å². The first kappa shape index (κ1) is 9.85. The molecule has 1 aliphatic heterocycles. The molecule has 0 unspecified atom stereocenters. The van der Waals surface area contributed by atoms with E-state index in [9.17, 15) is 4.79 Å². The summed E-state index contributed by atoms with van der Waals surface area (Å²) in [4.78, 5) is 20.6. The van der Waals surface area contributed by atoms with Crippen LogP contribution in [0.4, 0.5) is 5.82 Å². The van der Waals surface area contributed by atoms with E-state index in [1.54, 1.807) is 0 Å². The number of nitrogens with zero attached hydrogens (tertiary/aromatic N) is 3. The number of carbonyl (C=O) groups is 1. The Kier molecular flexibility index (Phi) is 2.77. The first-order chi connectivity index (χ1) is 7.29. The molecular formula is C9H11N3O3. The van der Waals surface area contributed by atoms with Crippen LogP contribution in [0.2, 0.25) is 0 Å². The number of aromatic nitrogens is 2. The van der Waals surface area contributed by atoms with Crippen LogP contribution < -0.4 is 4.90 Å². The molecule has 1 N–H and O–H groups in total. The molecule has 0 bridgehead atoms. The highest BCUT2D eigenvalue weighted by Gasteiger charge is 2.20. The summed E-state index contributed by atoms with van der Waals surface area (Å²) >= 11 is 0. The molecule has 1 aliphatic rings. The fourth-order valence-electron chi connectivity index (χ4n) is 1.49. The summed E-state index contributed by atoms with van der Waals surface area (Å²) in [6.07, 6.45) is 2.88. The van der Waals surface area contributed by atoms with E-state index in [0.29, 0.717) is 32.1 Å². The van der Waals surface area contributed by atoms with Gasteiger partial charge in [-0.15, -0.1) is 0 Å². The standard InChI is InChI=1S/C9H11N3O3/c13-9(14)7-8(11-2-1-10-7)12-3-5-15-6-4-12/h1-2H,3-6H2,(H,13,14). The molecule has 6 heteroatoms. The van der Waals surface area contributed by atoms with Gasteiger partial charge in [0.15, 0.2) is 11.5 Å². The summed E-state index contributed by atoms with van der Waals surface area (Å²) in [5, 5.41) is 8.94. The van der Waals surface area contributed by atoms with Gasteiger partial charge in [0.25, 0.3) is 0 Å². The van der Waals surface area contributed by atoms with E-state index in [-0.39, 0.29) is 5.69 Å². The van der Waals surface area contributed by atoms with Crippen molar-refractivity contribution in [3.05, 3.63) is 18.1 Å². The number of ether oxygens (including phenoxy) is 1. The highest BCUT2D eigenvalue weighted by molar-refractivity contribution is 5.90. The van der Waals surface area contributed by atoms with Gasteiger partial charge in [0, 0.05) is 25.5 Å². The second kappa shape index (κ2) is 4.22. The van der Waals surface area contributed by atoms with Gasteiger partial charge in [0.1, 0.15) is 0 Å². The smallest absolute Gasteiger partial charge is 0.358 e. The number of aromatic carboxylic acids is 1. The first-order valence-electron chi connectivity index (χ1n) is 4.66.